The fourth-order valence-corrected chi connectivity index (χ4v) is 3.10. The Balaban J connectivity index is 1.64. The molecule has 1 aromatic heterocycles. The number of carbonyl (C=O) groups is 1. The molecule has 0 bridgehead atoms. The normalized spacial score (nSPS) is 19.9. The molecule has 3 rings (SSSR count). The van der Waals surface area contributed by atoms with E-state index in [2.05, 4.69) is 4.98 Å². The zero-order valence-electron chi connectivity index (χ0n) is 15.3. The summed E-state index contributed by atoms with van der Waals surface area (Å²) in [6, 6.07) is 13.0. The number of anilines is 1. The van der Waals surface area contributed by atoms with Crippen molar-refractivity contribution in [1.82, 2.24) is 9.88 Å². The molecule has 1 saturated heterocycles. The Morgan fingerprint density at radius 2 is 2.04 bits per heavy atom. The summed E-state index contributed by atoms with van der Waals surface area (Å²) in [5, 5.41) is 10.9. The number of nitrogens with zero attached hydrogens (tertiary/aromatic N) is 3. The maximum absolute atomic E-state index is 12.8. The van der Waals surface area contributed by atoms with Crippen LogP contribution in [-0.4, -0.2) is 60.3 Å². The van der Waals surface area contributed by atoms with Crippen molar-refractivity contribution in [2.45, 2.75) is 18.4 Å². The maximum Gasteiger partial charge on any atom is 0.255 e. The maximum atomic E-state index is 12.8. The van der Waals surface area contributed by atoms with E-state index in [0.29, 0.717) is 24.3 Å². The van der Waals surface area contributed by atoms with Gasteiger partial charge in [0, 0.05) is 26.8 Å². The fraction of sp³-hybridized carbons (Fsp3) is 0.400. The highest BCUT2D eigenvalue weighted by atomic mass is 16.5. The number of rotatable bonds is 5. The van der Waals surface area contributed by atoms with Gasteiger partial charge in [-0.2, -0.15) is 0 Å². The lowest BCUT2D eigenvalue weighted by atomic mass is 9.93. The van der Waals surface area contributed by atoms with Gasteiger partial charge in [0.15, 0.2) is 0 Å². The van der Waals surface area contributed by atoms with Crippen LogP contribution in [0.25, 0.3) is 0 Å². The number of carbonyl (C=O) groups excluding carboxylic acids is 1. The molecule has 1 amide bonds. The van der Waals surface area contributed by atoms with Gasteiger partial charge in [0.2, 0.25) is 0 Å². The SMILES string of the molecule is CN(C)c1ccc(C(=O)N2CCC[C@@](O)(COc3ccccc3)C2)cn1. The lowest BCUT2D eigenvalue weighted by molar-refractivity contribution is -0.0532. The Hall–Kier alpha value is -2.60. The third kappa shape index (κ3) is 4.32. The molecule has 1 N–H and O–H groups in total. The topological polar surface area (TPSA) is 65.9 Å². The number of hydrogen-bond acceptors (Lipinski definition) is 5. The minimum atomic E-state index is -1.04. The van der Waals surface area contributed by atoms with E-state index >= 15 is 0 Å². The summed E-state index contributed by atoms with van der Waals surface area (Å²) < 4.78 is 5.72. The number of para-hydroxylation sites is 1. The van der Waals surface area contributed by atoms with Crippen LogP contribution in [-0.2, 0) is 0 Å². The summed E-state index contributed by atoms with van der Waals surface area (Å²) in [5.74, 6) is 1.40. The Labute approximate surface area is 154 Å². The van der Waals surface area contributed by atoms with Gasteiger partial charge in [-0.1, -0.05) is 18.2 Å². The number of hydrogen-bond donors (Lipinski definition) is 1. The molecule has 1 aliphatic heterocycles. The monoisotopic (exact) mass is 355 g/mol. The minimum absolute atomic E-state index is 0.111. The average Bonchev–Trinajstić information content (AvgIpc) is 2.67. The van der Waals surface area contributed by atoms with E-state index in [4.69, 9.17) is 4.74 Å². The molecular formula is C20H25N3O3. The van der Waals surface area contributed by atoms with Crippen LogP contribution in [0.5, 0.6) is 5.75 Å². The number of aliphatic hydroxyl groups is 1. The lowest BCUT2D eigenvalue weighted by Gasteiger charge is -2.39. The molecular weight excluding hydrogens is 330 g/mol. The van der Waals surface area contributed by atoms with Crippen molar-refractivity contribution in [3.8, 4) is 5.75 Å². The number of likely N-dealkylation sites (tertiary alicyclic amines) is 1. The molecule has 1 atom stereocenters. The van der Waals surface area contributed by atoms with Gasteiger partial charge in [0.25, 0.3) is 5.91 Å². The lowest BCUT2D eigenvalue weighted by Crippen LogP contribution is -2.53. The van der Waals surface area contributed by atoms with Gasteiger partial charge in [-0.25, -0.2) is 4.98 Å². The van der Waals surface area contributed by atoms with E-state index in [0.717, 1.165) is 12.2 Å². The highest BCUT2D eigenvalue weighted by Crippen LogP contribution is 2.24. The molecule has 1 aliphatic rings. The molecule has 2 heterocycles. The van der Waals surface area contributed by atoms with Crippen molar-refractivity contribution >= 4 is 11.7 Å². The van der Waals surface area contributed by atoms with Gasteiger partial charge >= 0.3 is 0 Å². The van der Waals surface area contributed by atoms with Gasteiger partial charge < -0.3 is 19.6 Å². The number of aromatic nitrogens is 1. The van der Waals surface area contributed by atoms with Crippen molar-refractivity contribution in [2.75, 3.05) is 38.7 Å². The van der Waals surface area contributed by atoms with Crippen LogP contribution in [0.4, 0.5) is 5.82 Å². The summed E-state index contributed by atoms with van der Waals surface area (Å²) in [5.41, 5.74) is -0.510. The predicted molar refractivity (Wildman–Crippen MR) is 101 cm³/mol. The van der Waals surface area contributed by atoms with E-state index in [1.807, 2.05) is 55.4 Å². The molecule has 1 aromatic carbocycles. The first-order chi connectivity index (χ1) is 12.5. The zero-order valence-corrected chi connectivity index (χ0v) is 15.3. The second-order valence-electron chi connectivity index (χ2n) is 6.96. The van der Waals surface area contributed by atoms with Crippen LogP contribution < -0.4 is 9.64 Å². The summed E-state index contributed by atoms with van der Waals surface area (Å²) >= 11 is 0. The van der Waals surface area contributed by atoms with Crippen molar-refractivity contribution in [1.29, 1.82) is 0 Å². The second-order valence-corrected chi connectivity index (χ2v) is 6.96. The van der Waals surface area contributed by atoms with Crippen LogP contribution in [0.15, 0.2) is 48.7 Å². The van der Waals surface area contributed by atoms with Crippen LogP contribution in [0.3, 0.4) is 0 Å². The molecule has 6 nitrogen and oxygen atoms in total. The highest BCUT2D eigenvalue weighted by molar-refractivity contribution is 5.94. The first-order valence-corrected chi connectivity index (χ1v) is 8.80. The Morgan fingerprint density at radius 1 is 1.27 bits per heavy atom. The van der Waals surface area contributed by atoms with Crippen LogP contribution in [0.1, 0.15) is 23.2 Å². The van der Waals surface area contributed by atoms with Crippen LogP contribution >= 0.6 is 0 Å². The summed E-state index contributed by atoms with van der Waals surface area (Å²) in [6.07, 6.45) is 2.94. The van der Waals surface area contributed by atoms with E-state index in [1.54, 1.807) is 17.2 Å². The van der Waals surface area contributed by atoms with Gasteiger partial charge in [-0.05, 0) is 37.1 Å². The van der Waals surface area contributed by atoms with E-state index in [-0.39, 0.29) is 19.1 Å². The molecule has 6 heteroatoms. The van der Waals surface area contributed by atoms with Crippen molar-refractivity contribution in [3.05, 3.63) is 54.2 Å². The van der Waals surface area contributed by atoms with Crippen LogP contribution in [0, 0.1) is 0 Å². The largest absolute Gasteiger partial charge is 0.491 e. The number of benzene rings is 1. The van der Waals surface area contributed by atoms with Gasteiger partial charge in [-0.15, -0.1) is 0 Å². The number of pyridine rings is 1. The number of ether oxygens (including phenoxy) is 1. The average molecular weight is 355 g/mol. The zero-order chi connectivity index (χ0) is 18.6. The molecule has 0 saturated carbocycles. The summed E-state index contributed by atoms with van der Waals surface area (Å²) in [4.78, 5) is 20.6. The second kappa shape index (κ2) is 7.74. The first kappa shape index (κ1) is 18.2. The van der Waals surface area contributed by atoms with E-state index in [1.165, 1.54) is 0 Å². The van der Waals surface area contributed by atoms with Gasteiger partial charge in [-0.3, -0.25) is 4.79 Å². The predicted octanol–water partition coefficient (Wildman–Crippen LogP) is 2.19. The first-order valence-electron chi connectivity index (χ1n) is 8.80. The quantitative estimate of drug-likeness (QED) is 0.891. The van der Waals surface area contributed by atoms with E-state index in [9.17, 15) is 9.90 Å². The molecule has 138 valence electrons. The number of amides is 1. The van der Waals surface area contributed by atoms with Crippen LogP contribution in [0.2, 0.25) is 0 Å². The Bertz CT molecular complexity index is 734. The third-order valence-corrected chi connectivity index (χ3v) is 4.55. The van der Waals surface area contributed by atoms with Crippen molar-refractivity contribution < 1.29 is 14.6 Å². The summed E-state index contributed by atoms with van der Waals surface area (Å²) in [6.45, 7) is 1.05. The molecule has 0 aliphatic carbocycles. The highest BCUT2D eigenvalue weighted by Gasteiger charge is 2.36. The standard InChI is InChI=1S/C20H25N3O3/c1-22(2)18-10-9-16(13-21-18)19(24)23-12-6-11-20(25,14-23)15-26-17-7-4-3-5-8-17/h3-5,7-10,13,25H,6,11-12,14-15H2,1-2H3/t20-/m0/s1. The molecule has 0 spiro atoms. The fourth-order valence-electron chi connectivity index (χ4n) is 3.10. The van der Waals surface area contributed by atoms with Gasteiger partial charge in [0.05, 0.1) is 12.1 Å². The Kier molecular flexibility index (Phi) is 5.42. The molecule has 0 unspecified atom stereocenters. The smallest absolute Gasteiger partial charge is 0.255 e. The molecule has 2 aromatic rings. The van der Waals surface area contributed by atoms with Crippen molar-refractivity contribution in [3.63, 3.8) is 0 Å². The molecule has 26 heavy (non-hydrogen) atoms. The van der Waals surface area contributed by atoms with E-state index < -0.39 is 5.60 Å². The molecule has 1 fully saturated rings. The Morgan fingerprint density at radius 3 is 2.69 bits per heavy atom. The molecule has 0 radical (unpaired) electrons. The summed E-state index contributed by atoms with van der Waals surface area (Å²) in [7, 11) is 3.81. The third-order valence-electron chi connectivity index (χ3n) is 4.55. The van der Waals surface area contributed by atoms with Crippen molar-refractivity contribution in [2.24, 2.45) is 0 Å². The minimum Gasteiger partial charge on any atom is -0.491 e. The number of piperidine rings is 1. The number of β-amino-alcohol motifs (C(OH)–C–C–N with tert-alkyl or cyclic N) is 1. The van der Waals surface area contributed by atoms with Gasteiger partial charge in [0.1, 0.15) is 23.8 Å².